The Morgan fingerprint density at radius 3 is 2.43 bits per heavy atom. The Labute approximate surface area is 166 Å². The normalized spacial score (nSPS) is 16.0. The Balaban J connectivity index is 1.46. The first-order valence-corrected chi connectivity index (χ1v) is 9.28. The van der Waals surface area contributed by atoms with Crippen LogP contribution in [0.3, 0.4) is 0 Å². The van der Waals surface area contributed by atoms with Crippen molar-refractivity contribution in [2.45, 2.75) is 0 Å². The molecule has 2 heterocycles. The van der Waals surface area contributed by atoms with Crippen molar-refractivity contribution in [3.63, 3.8) is 0 Å². The summed E-state index contributed by atoms with van der Waals surface area (Å²) in [5.74, 6) is 1.12. The standard InChI is InChI=1S/C19H18ClN3O5/c20-14-2-3-15(16(12-14)23(25)26)21-5-7-22(8-6-21)19(24)13-1-4-17-18(11-13)28-10-9-27-17/h1-4,11-12H,5-10H2. The van der Waals surface area contributed by atoms with Crippen LogP contribution < -0.4 is 14.4 Å². The average molecular weight is 404 g/mol. The van der Waals surface area contributed by atoms with E-state index in [1.54, 1.807) is 35.2 Å². The van der Waals surface area contributed by atoms with Gasteiger partial charge >= 0.3 is 0 Å². The minimum atomic E-state index is -0.437. The molecule has 8 nitrogen and oxygen atoms in total. The highest BCUT2D eigenvalue weighted by Gasteiger charge is 2.27. The topological polar surface area (TPSA) is 85.2 Å². The van der Waals surface area contributed by atoms with Gasteiger partial charge in [-0.2, -0.15) is 0 Å². The van der Waals surface area contributed by atoms with E-state index in [-0.39, 0.29) is 11.6 Å². The molecule has 1 amide bonds. The van der Waals surface area contributed by atoms with Crippen LogP contribution in [0.5, 0.6) is 11.5 Å². The fourth-order valence-corrected chi connectivity index (χ4v) is 3.59. The number of halogens is 1. The molecular weight excluding hydrogens is 386 g/mol. The van der Waals surface area contributed by atoms with E-state index in [0.717, 1.165) is 0 Å². The maximum Gasteiger partial charge on any atom is 0.294 e. The van der Waals surface area contributed by atoms with Crippen LogP contribution in [-0.4, -0.2) is 55.1 Å². The van der Waals surface area contributed by atoms with Crippen LogP contribution in [0.4, 0.5) is 11.4 Å². The number of ether oxygens (including phenoxy) is 2. The van der Waals surface area contributed by atoms with Gasteiger partial charge in [-0.05, 0) is 30.3 Å². The number of anilines is 1. The molecule has 2 aromatic rings. The Morgan fingerprint density at radius 1 is 1.00 bits per heavy atom. The van der Waals surface area contributed by atoms with E-state index in [0.29, 0.717) is 67.2 Å². The first-order valence-electron chi connectivity index (χ1n) is 8.91. The van der Waals surface area contributed by atoms with Gasteiger partial charge in [0.05, 0.1) is 4.92 Å². The summed E-state index contributed by atoms with van der Waals surface area (Å²) in [6.07, 6.45) is 0. The number of benzene rings is 2. The van der Waals surface area contributed by atoms with Gasteiger partial charge in [0.25, 0.3) is 11.6 Å². The number of nitrogens with zero attached hydrogens (tertiary/aromatic N) is 3. The van der Waals surface area contributed by atoms with Crippen LogP contribution in [0.15, 0.2) is 36.4 Å². The number of piperazine rings is 1. The molecule has 1 fully saturated rings. The molecule has 1 saturated heterocycles. The summed E-state index contributed by atoms with van der Waals surface area (Å²) >= 11 is 5.89. The zero-order valence-corrected chi connectivity index (χ0v) is 15.7. The maximum absolute atomic E-state index is 12.8. The Morgan fingerprint density at radius 2 is 1.71 bits per heavy atom. The lowest BCUT2D eigenvalue weighted by Gasteiger charge is -2.36. The van der Waals surface area contributed by atoms with E-state index in [9.17, 15) is 14.9 Å². The summed E-state index contributed by atoms with van der Waals surface area (Å²) < 4.78 is 11.0. The molecule has 2 aromatic carbocycles. The summed E-state index contributed by atoms with van der Waals surface area (Å²) in [6.45, 7) is 2.89. The van der Waals surface area contributed by atoms with E-state index in [4.69, 9.17) is 21.1 Å². The third-order valence-electron chi connectivity index (χ3n) is 4.83. The van der Waals surface area contributed by atoms with Gasteiger partial charge < -0.3 is 19.3 Å². The second-order valence-electron chi connectivity index (χ2n) is 6.53. The van der Waals surface area contributed by atoms with Crippen molar-refractivity contribution in [1.29, 1.82) is 0 Å². The molecule has 0 radical (unpaired) electrons. The first-order chi connectivity index (χ1) is 13.5. The van der Waals surface area contributed by atoms with E-state index in [1.807, 2.05) is 4.90 Å². The van der Waals surface area contributed by atoms with E-state index >= 15 is 0 Å². The number of nitro groups is 1. The lowest BCUT2D eigenvalue weighted by Crippen LogP contribution is -2.49. The van der Waals surface area contributed by atoms with Crippen LogP contribution in [0, 0.1) is 10.1 Å². The lowest BCUT2D eigenvalue weighted by molar-refractivity contribution is -0.384. The molecule has 0 spiro atoms. The highest BCUT2D eigenvalue weighted by atomic mass is 35.5. The number of rotatable bonds is 3. The van der Waals surface area contributed by atoms with Gasteiger partial charge in [0.15, 0.2) is 11.5 Å². The number of hydrogen-bond acceptors (Lipinski definition) is 6. The molecule has 4 rings (SSSR count). The summed E-state index contributed by atoms with van der Waals surface area (Å²) in [4.78, 5) is 27.4. The van der Waals surface area contributed by atoms with Crippen molar-refractivity contribution in [3.05, 3.63) is 57.1 Å². The maximum atomic E-state index is 12.8. The second kappa shape index (κ2) is 7.55. The Kier molecular flexibility index (Phi) is 4.95. The van der Waals surface area contributed by atoms with Crippen molar-refractivity contribution in [2.75, 3.05) is 44.3 Å². The number of nitro benzene ring substituents is 1. The van der Waals surface area contributed by atoms with Gasteiger partial charge in [0, 0.05) is 42.8 Å². The minimum Gasteiger partial charge on any atom is -0.486 e. The number of amides is 1. The molecular formula is C19H18ClN3O5. The molecule has 0 aliphatic carbocycles. The number of fused-ring (bicyclic) bond motifs is 1. The summed E-state index contributed by atoms with van der Waals surface area (Å²) in [6, 6.07) is 9.81. The van der Waals surface area contributed by atoms with Gasteiger partial charge in [-0.1, -0.05) is 11.6 Å². The van der Waals surface area contributed by atoms with Gasteiger partial charge in [-0.15, -0.1) is 0 Å². The SMILES string of the molecule is O=C(c1ccc2c(c1)OCCO2)N1CCN(c2ccc(Cl)cc2[N+](=O)[O-])CC1. The predicted molar refractivity (Wildman–Crippen MR) is 104 cm³/mol. The van der Waals surface area contributed by atoms with Crippen molar-refractivity contribution in [1.82, 2.24) is 4.90 Å². The van der Waals surface area contributed by atoms with Gasteiger partial charge in [0.2, 0.25) is 0 Å². The van der Waals surface area contributed by atoms with Gasteiger partial charge in [-0.3, -0.25) is 14.9 Å². The monoisotopic (exact) mass is 403 g/mol. The molecule has 9 heteroatoms. The van der Waals surface area contributed by atoms with Gasteiger partial charge in [-0.25, -0.2) is 0 Å². The summed E-state index contributed by atoms with van der Waals surface area (Å²) in [5, 5.41) is 11.6. The quantitative estimate of drug-likeness (QED) is 0.578. The molecule has 0 atom stereocenters. The lowest BCUT2D eigenvalue weighted by atomic mass is 10.1. The molecule has 0 unspecified atom stereocenters. The molecule has 0 aromatic heterocycles. The minimum absolute atomic E-state index is 0.0286. The zero-order valence-electron chi connectivity index (χ0n) is 15.0. The molecule has 28 heavy (non-hydrogen) atoms. The number of carbonyl (C=O) groups excluding carboxylic acids is 1. The fourth-order valence-electron chi connectivity index (χ4n) is 3.42. The zero-order chi connectivity index (χ0) is 19.7. The molecule has 146 valence electrons. The van der Waals surface area contributed by atoms with Crippen LogP contribution in [0.1, 0.15) is 10.4 Å². The highest BCUT2D eigenvalue weighted by Crippen LogP contribution is 2.33. The largest absolute Gasteiger partial charge is 0.486 e. The molecule has 0 saturated carbocycles. The summed E-state index contributed by atoms with van der Waals surface area (Å²) in [7, 11) is 0. The Bertz CT molecular complexity index is 928. The Hall–Kier alpha value is -3.00. The van der Waals surface area contributed by atoms with E-state index in [1.165, 1.54) is 6.07 Å². The third-order valence-corrected chi connectivity index (χ3v) is 5.07. The van der Waals surface area contributed by atoms with E-state index in [2.05, 4.69) is 0 Å². The van der Waals surface area contributed by atoms with Crippen molar-refractivity contribution in [3.8, 4) is 11.5 Å². The smallest absolute Gasteiger partial charge is 0.294 e. The molecule has 0 N–H and O–H groups in total. The highest BCUT2D eigenvalue weighted by molar-refractivity contribution is 6.30. The predicted octanol–water partition coefficient (Wildman–Crippen LogP) is 2.98. The third kappa shape index (κ3) is 3.55. The van der Waals surface area contributed by atoms with Crippen LogP contribution in [0.2, 0.25) is 5.02 Å². The second-order valence-corrected chi connectivity index (χ2v) is 6.96. The van der Waals surface area contributed by atoms with Crippen LogP contribution >= 0.6 is 11.6 Å². The number of hydrogen-bond donors (Lipinski definition) is 0. The molecule has 0 bridgehead atoms. The van der Waals surface area contributed by atoms with Crippen LogP contribution in [-0.2, 0) is 0 Å². The molecule has 2 aliphatic rings. The number of carbonyl (C=O) groups is 1. The molecule has 2 aliphatic heterocycles. The van der Waals surface area contributed by atoms with E-state index < -0.39 is 4.92 Å². The van der Waals surface area contributed by atoms with Crippen molar-refractivity contribution in [2.24, 2.45) is 0 Å². The van der Waals surface area contributed by atoms with Crippen LogP contribution in [0.25, 0.3) is 0 Å². The fraction of sp³-hybridized carbons (Fsp3) is 0.316. The van der Waals surface area contributed by atoms with Crippen molar-refractivity contribution < 1.29 is 19.2 Å². The summed E-state index contributed by atoms with van der Waals surface area (Å²) in [5.41, 5.74) is 1.02. The van der Waals surface area contributed by atoms with Gasteiger partial charge in [0.1, 0.15) is 18.9 Å². The van der Waals surface area contributed by atoms with Crippen molar-refractivity contribution >= 4 is 28.9 Å². The first kappa shape index (κ1) is 18.4. The average Bonchev–Trinajstić information content (AvgIpc) is 2.73.